The van der Waals surface area contributed by atoms with Crippen molar-refractivity contribution in [2.75, 3.05) is 25.6 Å². The topological polar surface area (TPSA) is 118 Å². The normalized spacial score (nSPS) is 12.5. The largest absolute Gasteiger partial charge is 0.497 e. The monoisotopic (exact) mass is 464 g/mol. The van der Waals surface area contributed by atoms with Gasteiger partial charge in [0.15, 0.2) is 0 Å². The molecule has 0 saturated carbocycles. The van der Waals surface area contributed by atoms with E-state index in [1.165, 1.54) is 0 Å². The van der Waals surface area contributed by atoms with E-state index >= 15 is 0 Å². The molecule has 1 aliphatic heterocycles. The molecule has 0 bridgehead atoms. The summed E-state index contributed by atoms with van der Waals surface area (Å²) in [6.45, 7) is 3.94. The van der Waals surface area contributed by atoms with Crippen molar-refractivity contribution < 1.29 is 23.9 Å². The summed E-state index contributed by atoms with van der Waals surface area (Å²) >= 11 is 0. The fourth-order valence-corrected chi connectivity index (χ4v) is 3.33. The molecular formula is C25H28N4O5. The summed E-state index contributed by atoms with van der Waals surface area (Å²) in [6, 6.07) is 14.0. The van der Waals surface area contributed by atoms with E-state index in [1.54, 1.807) is 51.3 Å². The molecule has 0 radical (unpaired) electrons. The first kappa shape index (κ1) is 24.5. The zero-order chi connectivity index (χ0) is 24.5. The van der Waals surface area contributed by atoms with Gasteiger partial charge in [-0.15, -0.1) is 0 Å². The van der Waals surface area contributed by atoms with Gasteiger partial charge >= 0.3 is 5.97 Å². The van der Waals surface area contributed by atoms with E-state index in [4.69, 9.17) is 9.47 Å². The number of nitrogens with one attached hydrogen (secondary N) is 3. The number of benzene rings is 2. The third kappa shape index (κ3) is 6.22. The number of aliphatic imine (C=N–C) groups is 1. The summed E-state index contributed by atoms with van der Waals surface area (Å²) in [7, 11) is 1.56. The first-order valence-corrected chi connectivity index (χ1v) is 11.0. The highest BCUT2D eigenvalue weighted by Gasteiger charge is 2.25. The minimum absolute atomic E-state index is 0.126. The highest BCUT2D eigenvalue weighted by atomic mass is 16.5. The Hall–Kier alpha value is -4.14. The molecule has 2 aromatic rings. The maximum Gasteiger partial charge on any atom is 0.343 e. The van der Waals surface area contributed by atoms with Crippen LogP contribution in [-0.4, -0.2) is 43.9 Å². The van der Waals surface area contributed by atoms with Crippen molar-refractivity contribution in [1.29, 1.82) is 0 Å². The van der Waals surface area contributed by atoms with Gasteiger partial charge in [-0.3, -0.25) is 9.59 Å². The molecule has 9 nitrogen and oxygen atoms in total. The Morgan fingerprint density at radius 1 is 1.06 bits per heavy atom. The summed E-state index contributed by atoms with van der Waals surface area (Å²) in [5.74, 6) is -0.348. The lowest BCUT2D eigenvalue weighted by Gasteiger charge is -2.13. The van der Waals surface area contributed by atoms with E-state index in [0.717, 1.165) is 0 Å². The Bertz CT molecular complexity index is 1120. The van der Waals surface area contributed by atoms with Crippen molar-refractivity contribution in [2.24, 2.45) is 4.99 Å². The van der Waals surface area contributed by atoms with Gasteiger partial charge in [-0.2, -0.15) is 0 Å². The number of carbonyl (C=O) groups excluding carboxylic acids is 3. The van der Waals surface area contributed by atoms with Crippen LogP contribution in [0, 0.1) is 0 Å². The van der Waals surface area contributed by atoms with Gasteiger partial charge in [-0.1, -0.05) is 12.1 Å². The second-order valence-electron chi connectivity index (χ2n) is 7.46. The van der Waals surface area contributed by atoms with Crippen LogP contribution >= 0.6 is 0 Å². The van der Waals surface area contributed by atoms with Crippen LogP contribution in [0.3, 0.4) is 0 Å². The number of hydrogen-bond acceptors (Lipinski definition) is 7. The third-order valence-electron chi connectivity index (χ3n) is 5.03. The van der Waals surface area contributed by atoms with Crippen LogP contribution in [0.15, 0.2) is 64.8 Å². The molecule has 2 aromatic carbocycles. The van der Waals surface area contributed by atoms with Crippen molar-refractivity contribution in [3.8, 4) is 5.75 Å². The van der Waals surface area contributed by atoms with E-state index in [-0.39, 0.29) is 36.3 Å². The van der Waals surface area contributed by atoms with E-state index in [9.17, 15) is 14.4 Å². The molecule has 1 aliphatic rings. The molecule has 9 heteroatoms. The van der Waals surface area contributed by atoms with Gasteiger partial charge in [0.25, 0.3) is 5.91 Å². The van der Waals surface area contributed by atoms with Crippen LogP contribution in [0.2, 0.25) is 0 Å². The second kappa shape index (κ2) is 11.6. The summed E-state index contributed by atoms with van der Waals surface area (Å²) < 4.78 is 10.3. The SMILES string of the molecule is CCOC(=O)C1=C(C)Nc2ccccc2N=C1NC(=O)CCCNC(=O)c1ccc(OC)cc1. The predicted molar refractivity (Wildman–Crippen MR) is 129 cm³/mol. The summed E-state index contributed by atoms with van der Waals surface area (Å²) in [4.78, 5) is 42.0. The molecule has 3 N–H and O–H groups in total. The first-order valence-electron chi connectivity index (χ1n) is 11.0. The molecule has 178 valence electrons. The maximum atomic E-state index is 12.6. The number of fused-ring (bicyclic) bond motifs is 1. The first-order chi connectivity index (χ1) is 16.4. The quantitative estimate of drug-likeness (QED) is 0.408. The number of anilines is 1. The van der Waals surface area contributed by atoms with Crippen molar-refractivity contribution in [3.63, 3.8) is 0 Å². The standard InChI is InChI=1S/C25H28N4O5/c1-4-34-25(32)22-16(2)27-19-8-5-6-9-20(19)28-23(22)29-21(30)10-7-15-26-24(31)17-11-13-18(33-3)14-12-17/h5-6,8-9,11-14,27H,4,7,10,15H2,1-3H3,(H,26,31)(H,28,29,30). The van der Waals surface area contributed by atoms with Crippen LogP contribution in [0.25, 0.3) is 0 Å². The van der Waals surface area contributed by atoms with Crippen molar-refractivity contribution in [2.45, 2.75) is 26.7 Å². The van der Waals surface area contributed by atoms with Crippen LogP contribution in [-0.2, 0) is 14.3 Å². The second-order valence-corrected chi connectivity index (χ2v) is 7.46. The molecule has 0 aromatic heterocycles. The highest BCUT2D eigenvalue weighted by molar-refractivity contribution is 6.24. The lowest BCUT2D eigenvalue weighted by Crippen LogP contribution is -2.36. The molecule has 0 spiro atoms. The van der Waals surface area contributed by atoms with Crippen LogP contribution in [0.1, 0.15) is 37.0 Å². The average Bonchev–Trinajstić information content (AvgIpc) is 2.96. The van der Waals surface area contributed by atoms with Gasteiger partial charge in [0.1, 0.15) is 17.2 Å². The number of hydrogen-bond donors (Lipinski definition) is 3. The number of carbonyl (C=O) groups is 3. The smallest absolute Gasteiger partial charge is 0.343 e. The Morgan fingerprint density at radius 2 is 1.79 bits per heavy atom. The van der Waals surface area contributed by atoms with Gasteiger partial charge < -0.3 is 25.4 Å². The molecular weight excluding hydrogens is 436 g/mol. The zero-order valence-electron chi connectivity index (χ0n) is 19.4. The molecule has 0 aliphatic carbocycles. The molecule has 2 amide bonds. The van der Waals surface area contributed by atoms with E-state index in [0.29, 0.717) is 41.4 Å². The van der Waals surface area contributed by atoms with Gasteiger partial charge in [0, 0.05) is 24.2 Å². The van der Waals surface area contributed by atoms with E-state index in [1.807, 2.05) is 18.2 Å². The van der Waals surface area contributed by atoms with Gasteiger partial charge in [-0.05, 0) is 56.7 Å². The van der Waals surface area contributed by atoms with Crippen molar-refractivity contribution in [3.05, 3.63) is 65.4 Å². The number of amidine groups is 1. The molecule has 0 atom stereocenters. The number of nitrogens with zero attached hydrogens (tertiary/aromatic N) is 1. The van der Waals surface area contributed by atoms with Crippen LogP contribution in [0.4, 0.5) is 11.4 Å². The average molecular weight is 465 g/mol. The van der Waals surface area contributed by atoms with Gasteiger partial charge in [0.05, 0.1) is 25.1 Å². The number of ether oxygens (including phenoxy) is 2. The molecule has 34 heavy (non-hydrogen) atoms. The maximum absolute atomic E-state index is 12.6. The Labute approximate surface area is 198 Å². The number of methoxy groups -OCH3 is 1. The number of allylic oxidation sites excluding steroid dienone is 1. The number of amides is 2. The molecule has 1 heterocycles. The Balaban J connectivity index is 1.62. The Morgan fingerprint density at radius 3 is 2.50 bits per heavy atom. The van der Waals surface area contributed by atoms with Crippen molar-refractivity contribution >= 4 is 35.0 Å². The highest BCUT2D eigenvalue weighted by Crippen LogP contribution is 2.30. The lowest BCUT2D eigenvalue weighted by atomic mass is 10.1. The van der Waals surface area contributed by atoms with Crippen molar-refractivity contribution in [1.82, 2.24) is 10.6 Å². The molecule has 0 fully saturated rings. The molecule has 0 saturated heterocycles. The predicted octanol–water partition coefficient (Wildman–Crippen LogP) is 3.31. The third-order valence-corrected chi connectivity index (χ3v) is 5.03. The number of rotatable bonds is 8. The zero-order valence-corrected chi connectivity index (χ0v) is 19.4. The van der Waals surface area contributed by atoms with Gasteiger partial charge in [-0.25, -0.2) is 9.79 Å². The van der Waals surface area contributed by atoms with Gasteiger partial charge in [0.2, 0.25) is 5.91 Å². The number of para-hydroxylation sites is 2. The fourth-order valence-electron chi connectivity index (χ4n) is 3.33. The molecule has 0 unspecified atom stereocenters. The van der Waals surface area contributed by atoms with E-state index < -0.39 is 5.97 Å². The Kier molecular flexibility index (Phi) is 8.39. The minimum Gasteiger partial charge on any atom is -0.497 e. The van der Waals surface area contributed by atoms with Crippen LogP contribution < -0.4 is 20.7 Å². The molecule has 3 rings (SSSR count). The number of esters is 1. The fraction of sp³-hybridized carbons (Fsp3) is 0.280. The van der Waals surface area contributed by atoms with E-state index in [2.05, 4.69) is 20.9 Å². The summed E-state index contributed by atoms with van der Waals surface area (Å²) in [5.41, 5.74) is 2.49. The summed E-state index contributed by atoms with van der Waals surface area (Å²) in [6.07, 6.45) is 0.541. The van der Waals surface area contributed by atoms with Crippen LogP contribution in [0.5, 0.6) is 5.75 Å². The lowest BCUT2D eigenvalue weighted by molar-refractivity contribution is -0.137. The minimum atomic E-state index is -0.578. The summed E-state index contributed by atoms with van der Waals surface area (Å²) in [5, 5.41) is 8.68.